The maximum Gasteiger partial charge on any atom is 0.433 e. The summed E-state index contributed by atoms with van der Waals surface area (Å²) in [6.45, 7) is 1.69. The Hall–Kier alpha value is -2.34. The third-order valence-corrected chi connectivity index (χ3v) is 2.58. The molecule has 0 saturated heterocycles. The highest BCUT2D eigenvalue weighted by Crippen LogP contribution is 2.17. The molecule has 1 N–H and O–H groups in total. The Morgan fingerprint density at radius 2 is 2.00 bits per heavy atom. The van der Waals surface area contributed by atoms with Crippen LogP contribution in [0.25, 0.3) is 0 Å². The highest BCUT2D eigenvalue weighted by Gasteiger charge is 2.13. The van der Waals surface area contributed by atoms with Gasteiger partial charge in [-0.05, 0) is 37.3 Å². The number of nitro groups is 1. The van der Waals surface area contributed by atoms with E-state index in [2.05, 4.69) is 10.5 Å². The Bertz CT molecular complexity index is 619. The standard InChI is InChI=1S/C12H10ClN3O3/c1-8(11-6-7-12(19-11)16(17)18)14-15-10-4-2-9(13)3-5-10/h2-7,15H,1H3. The Kier molecular flexibility index (Phi) is 3.82. The van der Waals surface area contributed by atoms with Crippen molar-refractivity contribution in [1.29, 1.82) is 0 Å². The number of benzene rings is 1. The molecule has 0 fully saturated rings. The van der Waals surface area contributed by atoms with Gasteiger partial charge in [0, 0.05) is 5.02 Å². The molecule has 1 heterocycles. The minimum Gasteiger partial charge on any atom is -0.399 e. The minimum atomic E-state index is -0.594. The third-order valence-electron chi connectivity index (χ3n) is 2.33. The van der Waals surface area contributed by atoms with Crippen LogP contribution in [-0.4, -0.2) is 10.6 Å². The molecule has 0 aliphatic rings. The molecule has 0 spiro atoms. The summed E-state index contributed by atoms with van der Waals surface area (Å²) >= 11 is 5.76. The molecular formula is C12H10ClN3O3. The van der Waals surface area contributed by atoms with E-state index in [-0.39, 0.29) is 5.88 Å². The highest BCUT2D eigenvalue weighted by atomic mass is 35.5. The second-order valence-corrected chi connectivity index (χ2v) is 4.15. The molecule has 2 rings (SSSR count). The second kappa shape index (κ2) is 5.53. The predicted molar refractivity (Wildman–Crippen MR) is 72.6 cm³/mol. The molecule has 0 amide bonds. The van der Waals surface area contributed by atoms with Gasteiger partial charge in [-0.1, -0.05) is 11.6 Å². The Morgan fingerprint density at radius 3 is 2.58 bits per heavy atom. The summed E-state index contributed by atoms with van der Waals surface area (Å²) in [5.41, 5.74) is 4.07. The van der Waals surface area contributed by atoms with Crippen molar-refractivity contribution in [3.05, 3.63) is 57.3 Å². The van der Waals surface area contributed by atoms with E-state index in [9.17, 15) is 10.1 Å². The summed E-state index contributed by atoms with van der Waals surface area (Å²) in [7, 11) is 0. The molecule has 98 valence electrons. The molecular weight excluding hydrogens is 270 g/mol. The van der Waals surface area contributed by atoms with Crippen LogP contribution in [0.2, 0.25) is 5.02 Å². The average Bonchev–Trinajstić information content (AvgIpc) is 2.87. The van der Waals surface area contributed by atoms with Crippen LogP contribution in [0.5, 0.6) is 0 Å². The first-order valence-electron chi connectivity index (χ1n) is 5.37. The van der Waals surface area contributed by atoms with Crippen LogP contribution < -0.4 is 5.43 Å². The number of nitrogens with one attached hydrogen (secondary N) is 1. The number of hydrogen-bond acceptors (Lipinski definition) is 5. The van der Waals surface area contributed by atoms with Crippen molar-refractivity contribution in [1.82, 2.24) is 0 Å². The lowest BCUT2D eigenvalue weighted by Crippen LogP contribution is -1.98. The van der Waals surface area contributed by atoms with Gasteiger partial charge in [-0.2, -0.15) is 5.10 Å². The van der Waals surface area contributed by atoms with Gasteiger partial charge in [0.1, 0.15) is 10.6 Å². The van der Waals surface area contributed by atoms with E-state index in [0.717, 1.165) is 5.69 Å². The van der Waals surface area contributed by atoms with E-state index in [4.69, 9.17) is 16.0 Å². The topological polar surface area (TPSA) is 80.7 Å². The Labute approximate surface area is 113 Å². The molecule has 1 aromatic heterocycles. The summed E-state index contributed by atoms with van der Waals surface area (Å²) in [5, 5.41) is 15.2. The Balaban J connectivity index is 2.09. The molecule has 0 aliphatic carbocycles. The maximum atomic E-state index is 10.5. The molecule has 0 unspecified atom stereocenters. The lowest BCUT2D eigenvalue weighted by atomic mass is 10.3. The van der Waals surface area contributed by atoms with Crippen LogP contribution in [0.1, 0.15) is 12.7 Å². The Morgan fingerprint density at radius 1 is 1.32 bits per heavy atom. The van der Waals surface area contributed by atoms with Crippen LogP contribution in [0.15, 0.2) is 45.9 Å². The molecule has 0 atom stereocenters. The van der Waals surface area contributed by atoms with Gasteiger partial charge in [-0.15, -0.1) is 0 Å². The number of furan rings is 1. The van der Waals surface area contributed by atoms with E-state index >= 15 is 0 Å². The number of anilines is 1. The van der Waals surface area contributed by atoms with Crippen LogP contribution in [0.3, 0.4) is 0 Å². The fraction of sp³-hybridized carbons (Fsp3) is 0.0833. The highest BCUT2D eigenvalue weighted by molar-refractivity contribution is 6.30. The van der Waals surface area contributed by atoms with E-state index in [1.165, 1.54) is 12.1 Å². The van der Waals surface area contributed by atoms with Gasteiger partial charge >= 0.3 is 5.88 Å². The fourth-order valence-corrected chi connectivity index (χ4v) is 1.47. The molecule has 7 heteroatoms. The molecule has 19 heavy (non-hydrogen) atoms. The van der Waals surface area contributed by atoms with Crippen molar-refractivity contribution < 1.29 is 9.34 Å². The number of hydrazone groups is 1. The summed E-state index contributed by atoms with van der Waals surface area (Å²) in [6.07, 6.45) is 0. The van der Waals surface area contributed by atoms with Crippen LogP contribution in [0, 0.1) is 10.1 Å². The molecule has 0 aliphatic heterocycles. The first kappa shape index (κ1) is 13.1. The molecule has 0 radical (unpaired) electrons. The lowest BCUT2D eigenvalue weighted by Gasteiger charge is -2.01. The van der Waals surface area contributed by atoms with Crippen LogP contribution >= 0.6 is 11.6 Å². The molecule has 0 saturated carbocycles. The lowest BCUT2D eigenvalue weighted by molar-refractivity contribution is -0.402. The zero-order valence-electron chi connectivity index (χ0n) is 9.96. The minimum absolute atomic E-state index is 0.309. The van der Waals surface area contributed by atoms with Gasteiger partial charge < -0.3 is 4.42 Å². The number of halogens is 1. The summed E-state index contributed by atoms with van der Waals surface area (Å²) < 4.78 is 5.02. The number of rotatable bonds is 4. The van der Waals surface area contributed by atoms with Crippen molar-refractivity contribution in [3.63, 3.8) is 0 Å². The molecule has 0 bridgehead atoms. The van der Waals surface area contributed by atoms with Crippen LogP contribution in [0.4, 0.5) is 11.6 Å². The van der Waals surface area contributed by atoms with E-state index in [1.54, 1.807) is 31.2 Å². The van der Waals surface area contributed by atoms with Gasteiger partial charge in [0.2, 0.25) is 0 Å². The summed E-state index contributed by atoms with van der Waals surface area (Å²) in [5.74, 6) is 0.0317. The number of nitrogens with zero attached hydrogens (tertiary/aromatic N) is 2. The fourth-order valence-electron chi connectivity index (χ4n) is 1.35. The van der Waals surface area contributed by atoms with Gasteiger partial charge in [-0.3, -0.25) is 15.5 Å². The first-order chi connectivity index (χ1) is 9.06. The molecule has 1 aromatic carbocycles. The van der Waals surface area contributed by atoms with Crippen molar-refractivity contribution in [2.45, 2.75) is 6.92 Å². The average molecular weight is 280 g/mol. The zero-order chi connectivity index (χ0) is 13.8. The molecule has 2 aromatic rings. The van der Waals surface area contributed by atoms with Gasteiger partial charge in [0.25, 0.3) is 0 Å². The van der Waals surface area contributed by atoms with Crippen LogP contribution in [-0.2, 0) is 0 Å². The normalized spacial score (nSPS) is 11.4. The maximum absolute atomic E-state index is 10.5. The first-order valence-corrected chi connectivity index (χ1v) is 5.74. The van der Waals surface area contributed by atoms with E-state index in [1.807, 2.05) is 0 Å². The number of hydrogen-bond donors (Lipinski definition) is 1. The quantitative estimate of drug-likeness (QED) is 0.526. The van der Waals surface area contributed by atoms with Crippen molar-refractivity contribution in [2.24, 2.45) is 5.10 Å². The summed E-state index contributed by atoms with van der Waals surface area (Å²) in [6, 6.07) is 9.78. The van der Waals surface area contributed by atoms with Crippen molar-refractivity contribution in [3.8, 4) is 0 Å². The zero-order valence-corrected chi connectivity index (χ0v) is 10.7. The van der Waals surface area contributed by atoms with E-state index in [0.29, 0.717) is 16.5 Å². The monoisotopic (exact) mass is 279 g/mol. The van der Waals surface area contributed by atoms with Gasteiger partial charge in [0.05, 0.1) is 11.8 Å². The van der Waals surface area contributed by atoms with Crippen molar-refractivity contribution in [2.75, 3.05) is 5.43 Å². The van der Waals surface area contributed by atoms with Gasteiger partial charge in [-0.25, -0.2) is 0 Å². The smallest absolute Gasteiger partial charge is 0.399 e. The second-order valence-electron chi connectivity index (χ2n) is 3.71. The van der Waals surface area contributed by atoms with Crippen molar-refractivity contribution >= 4 is 28.9 Å². The third kappa shape index (κ3) is 3.32. The SMILES string of the molecule is CC(=NNc1ccc(Cl)cc1)c1ccc([N+](=O)[O-])o1. The summed E-state index contributed by atoms with van der Waals surface area (Å²) in [4.78, 5) is 9.90. The van der Waals surface area contributed by atoms with E-state index < -0.39 is 4.92 Å². The predicted octanol–water partition coefficient (Wildman–Crippen LogP) is 3.68. The van der Waals surface area contributed by atoms with Gasteiger partial charge in [0.15, 0.2) is 5.76 Å². The molecule has 6 nitrogen and oxygen atoms in total. The largest absolute Gasteiger partial charge is 0.433 e.